The summed E-state index contributed by atoms with van der Waals surface area (Å²) in [4.78, 5) is 25.2. The molecular weight excluding hydrogens is 272 g/mol. The minimum Gasteiger partial charge on any atom is -0.508 e. The van der Waals surface area contributed by atoms with Gasteiger partial charge in [0.15, 0.2) is 0 Å². The standard InChI is InChI=1S/C15H20N2O4/c1-15(14(20)21)7-2-8-17(15)13(19)12(16)9-10-3-5-11(18)6-4-10/h3-6,12,18H,2,7-9,16H2,1H3,(H,20,21)/t12-,15-/m1/s1. The van der Waals surface area contributed by atoms with Crippen LogP contribution in [0, 0.1) is 0 Å². The van der Waals surface area contributed by atoms with Crippen LogP contribution in [0.4, 0.5) is 0 Å². The Morgan fingerprint density at radius 2 is 2.00 bits per heavy atom. The first-order valence-electron chi connectivity index (χ1n) is 6.93. The zero-order valence-corrected chi connectivity index (χ0v) is 12.0. The summed E-state index contributed by atoms with van der Waals surface area (Å²) in [6.45, 7) is 1.98. The van der Waals surface area contributed by atoms with Crippen LogP contribution >= 0.6 is 0 Å². The van der Waals surface area contributed by atoms with E-state index < -0.39 is 17.6 Å². The molecule has 0 aromatic heterocycles. The molecular formula is C15H20N2O4. The molecule has 1 saturated heterocycles. The van der Waals surface area contributed by atoms with Crippen molar-refractivity contribution in [2.75, 3.05) is 6.54 Å². The van der Waals surface area contributed by atoms with Crippen LogP contribution in [0.5, 0.6) is 5.75 Å². The molecule has 1 aromatic rings. The van der Waals surface area contributed by atoms with E-state index in [0.717, 1.165) is 5.56 Å². The predicted molar refractivity (Wildman–Crippen MR) is 76.8 cm³/mol. The van der Waals surface area contributed by atoms with E-state index in [1.54, 1.807) is 19.1 Å². The van der Waals surface area contributed by atoms with E-state index in [-0.39, 0.29) is 11.7 Å². The number of carboxylic acids is 1. The Morgan fingerprint density at radius 3 is 2.57 bits per heavy atom. The van der Waals surface area contributed by atoms with Crippen LogP contribution in [-0.2, 0) is 16.0 Å². The Kier molecular flexibility index (Phi) is 4.18. The fourth-order valence-corrected chi connectivity index (χ4v) is 2.71. The second-order valence-electron chi connectivity index (χ2n) is 5.65. The molecule has 1 fully saturated rings. The van der Waals surface area contributed by atoms with E-state index in [2.05, 4.69) is 0 Å². The molecule has 6 heteroatoms. The summed E-state index contributed by atoms with van der Waals surface area (Å²) in [5.74, 6) is -1.19. The molecule has 0 saturated carbocycles. The third kappa shape index (κ3) is 3.00. The van der Waals surface area contributed by atoms with E-state index in [1.165, 1.54) is 17.0 Å². The highest BCUT2D eigenvalue weighted by Crippen LogP contribution is 2.30. The smallest absolute Gasteiger partial charge is 0.329 e. The van der Waals surface area contributed by atoms with Crippen molar-refractivity contribution in [1.82, 2.24) is 4.90 Å². The monoisotopic (exact) mass is 292 g/mol. The van der Waals surface area contributed by atoms with Crippen molar-refractivity contribution in [3.8, 4) is 5.75 Å². The number of aliphatic carboxylic acids is 1. The van der Waals surface area contributed by atoms with Gasteiger partial charge in [0.2, 0.25) is 5.91 Å². The maximum Gasteiger partial charge on any atom is 0.329 e. The molecule has 114 valence electrons. The minimum atomic E-state index is -1.16. The van der Waals surface area contributed by atoms with Crippen molar-refractivity contribution < 1.29 is 19.8 Å². The highest BCUT2D eigenvalue weighted by Gasteiger charge is 2.46. The van der Waals surface area contributed by atoms with Crippen molar-refractivity contribution in [1.29, 1.82) is 0 Å². The fourth-order valence-electron chi connectivity index (χ4n) is 2.71. The first-order chi connectivity index (χ1) is 9.84. The quantitative estimate of drug-likeness (QED) is 0.759. The SMILES string of the molecule is C[C@]1(C(=O)O)CCCN1C(=O)[C@H](N)Cc1ccc(O)cc1. The molecule has 2 atom stereocenters. The first-order valence-corrected chi connectivity index (χ1v) is 6.93. The number of carboxylic acid groups (broad SMARTS) is 1. The van der Waals surface area contributed by atoms with Gasteiger partial charge in [-0.25, -0.2) is 4.79 Å². The van der Waals surface area contributed by atoms with Gasteiger partial charge in [0, 0.05) is 6.54 Å². The fraction of sp³-hybridized carbons (Fsp3) is 0.467. The number of nitrogens with zero attached hydrogens (tertiary/aromatic N) is 1. The Morgan fingerprint density at radius 1 is 1.38 bits per heavy atom. The zero-order valence-electron chi connectivity index (χ0n) is 12.0. The number of benzene rings is 1. The Labute approximate surface area is 123 Å². The van der Waals surface area contributed by atoms with Gasteiger partial charge in [-0.05, 0) is 43.9 Å². The van der Waals surface area contributed by atoms with Gasteiger partial charge in [0.25, 0.3) is 0 Å². The maximum atomic E-state index is 12.4. The molecule has 4 N–H and O–H groups in total. The van der Waals surface area contributed by atoms with Gasteiger partial charge in [-0.1, -0.05) is 12.1 Å². The Balaban J connectivity index is 2.08. The molecule has 1 aliphatic heterocycles. The lowest BCUT2D eigenvalue weighted by Crippen LogP contribution is -2.55. The summed E-state index contributed by atoms with van der Waals surface area (Å²) in [5.41, 5.74) is 5.60. The molecule has 1 aromatic carbocycles. The second-order valence-corrected chi connectivity index (χ2v) is 5.65. The van der Waals surface area contributed by atoms with Crippen molar-refractivity contribution in [3.63, 3.8) is 0 Å². The van der Waals surface area contributed by atoms with Gasteiger partial charge < -0.3 is 20.8 Å². The van der Waals surface area contributed by atoms with Crippen LogP contribution in [0.1, 0.15) is 25.3 Å². The van der Waals surface area contributed by atoms with Crippen LogP contribution in [0.15, 0.2) is 24.3 Å². The van der Waals surface area contributed by atoms with E-state index >= 15 is 0 Å². The molecule has 6 nitrogen and oxygen atoms in total. The van der Waals surface area contributed by atoms with Crippen LogP contribution in [-0.4, -0.2) is 45.1 Å². The number of phenolic OH excluding ortho intramolecular Hbond substituents is 1. The third-order valence-corrected chi connectivity index (χ3v) is 4.08. The van der Waals surface area contributed by atoms with Gasteiger partial charge in [-0.2, -0.15) is 0 Å². The molecule has 0 radical (unpaired) electrons. The number of nitrogens with two attached hydrogens (primary N) is 1. The van der Waals surface area contributed by atoms with E-state index in [9.17, 15) is 19.8 Å². The third-order valence-electron chi connectivity index (χ3n) is 4.08. The van der Waals surface area contributed by atoms with Gasteiger partial charge >= 0.3 is 5.97 Å². The summed E-state index contributed by atoms with van der Waals surface area (Å²) in [7, 11) is 0. The summed E-state index contributed by atoms with van der Waals surface area (Å²) >= 11 is 0. The number of aromatic hydroxyl groups is 1. The number of hydrogen-bond donors (Lipinski definition) is 3. The molecule has 0 bridgehead atoms. The molecule has 1 amide bonds. The largest absolute Gasteiger partial charge is 0.508 e. The predicted octanol–water partition coefficient (Wildman–Crippen LogP) is 0.728. The lowest BCUT2D eigenvalue weighted by atomic mass is 9.97. The number of carbonyl (C=O) groups excluding carboxylic acids is 1. The minimum absolute atomic E-state index is 0.150. The van der Waals surface area contributed by atoms with Gasteiger partial charge in [0.1, 0.15) is 11.3 Å². The summed E-state index contributed by atoms with van der Waals surface area (Å²) < 4.78 is 0. The van der Waals surface area contributed by atoms with Gasteiger partial charge in [0.05, 0.1) is 6.04 Å². The van der Waals surface area contributed by atoms with Crippen molar-refractivity contribution in [2.24, 2.45) is 5.73 Å². The van der Waals surface area contributed by atoms with Crippen LogP contribution in [0.2, 0.25) is 0 Å². The van der Waals surface area contributed by atoms with E-state index in [0.29, 0.717) is 25.8 Å². The lowest BCUT2D eigenvalue weighted by Gasteiger charge is -2.33. The Hall–Kier alpha value is -2.08. The second kappa shape index (κ2) is 5.73. The normalized spacial score (nSPS) is 23.0. The molecule has 0 aliphatic carbocycles. The summed E-state index contributed by atoms with van der Waals surface area (Å²) in [6.07, 6.45) is 1.42. The highest BCUT2D eigenvalue weighted by atomic mass is 16.4. The van der Waals surface area contributed by atoms with E-state index in [4.69, 9.17) is 5.73 Å². The van der Waals surface area contributed by atoms with Gasteiger partial charge in [-0.15, -0.1) is 0 Å². The summed E-state index contributed by atoms with van der Waals surface area (Å²) in [5, 5.41) is 18.6. The first kappa shape index (κ1) is 15.3. The van der Waals surface area contributed by atoms with Crippen LogP contribution < -0.4 is 5.73 Å². The number of carbonyl (C=O) groups is 2. The van der Waals surface area contributed by atoms with Crippen molar-refractivity contribution in [2.45, 2.75) is 37.8 Å². The van der Waals surface area contributed by atoms with Crippen molar-refractivity contribution in [3.05, 3.63) is 29.8 Å². The average molecular weight is 292 g/mol. The highest BCUT2D eigenvalue weighted by molar-refractivity contribution is 5.90. The van der Waals surface area contributed by atoms with Crippen LogP contribution in [0.3, 0.4) is 0 Å². The number of amides is 1. The lowest BCUT2D eigenvalue weighted by molar-refractivity contribution is -0.155. The summed E-state index contributed by atoms with van der Waals surface area (Å²) in [6, 6.07) is 5.67. The molecule has 0 unspecified atom stereocenters. The molecule has 1 heterocycles. The average Bonchev–Trinajstić information content (AvgIpc) is 2.84. The number of likely N-dealkylation sites (tertiary alicyclic amines) is 1. The topological polar surface area (TPSA) is 104 Å². The molecule has 2 rings (SSSR count). The van der Waals surface area contributed by atoms with E-state index in [1.807, 2.05) is 0 Å². The number of rotatable bonds is 4. The molecule has 1 aliphatic rings. The Bertz CT molecular complexity index is 543. The maximum absolute atomic E-state index is 12.4. The zero-order chi connectivity index (χ0) is 15.6. The number of hydrogen-bond acceptors (Lipinski definition) is 4. The molecule has 21 heavy (non-hydrogen) atoms. The molecule has 0 spiro atoms. The van der Waals surface area contributed by atoms with Crippen LogP contribution in [0.25, 0.3) is 0 Å². The van der Waals surface area contributed by atoms with Gasteiger partial charge in [-0.3, -0.25) is 4.79 Å². The number of phenols is 1. The van der Waals surface area contributed by atoms with Crippen molar-refractivity contribution >= 4 is 11.9 Å².